The van der Waals surface area contributed by atoms with Gasteiger partial charge in [-0.05, 0) is 69.1 Å². The van der Waals surface area contributed by atoms with Crippen LogP contribution in [0.25, 0.3) is 0 Å². The summed E-state index contributed by atoms with van der Waals surface area (Å²) in [4.78, 5) is 72.9. The Morgan fingerprint density at radius 1 is 0.320 bits per heavy atom. The highest BCUT2D eigenvalue weighted by molar-refractivity contribution is 7.47. The fourth-order valence-electron chi connectivity index (χ4n) is 11.4. The third-order valence-electron chi connectivity index (χ3n) is 17.5. The van der Waals surface area contributed by atoms with Crippen molar-refractivity contribution in [2.45, 2.75) is 394 Å². The first-order valence-corrected chi connectivity index (χ1v) is 42.7. The average Bonchev–Trinajstić information content (AvgIpc) is 1.17. The van der Waals surface area contributed by atoms with Crippen LogP contribution >= 0.6 is 15.6 Å². The van der Waals surface area contributed by atoms with Crippen molar-refractivity contribution >= 4 is 39.5 Å². The molecule has 0 aliphatic rings. The fraction of sp³-hybridized carbons (Fsp3) is 0.897. The molecule has 0 aliphatic heterocycles. The first-order chi connectivity index (χ1) is 46.7. The largest absolute Gasteiger partial charge is 0.472 e. The third-order valence-corrected chi connectivity index (χ3v) is 19.4. The first kappa shape index (κ1) is 94.5. The molecule has 0 aliphatic carbocycles. The molecule has 0 heterocycles. The predicted octanol–water partition coefficient (Wildman–Crippen LogP) is 22.5. The van der Waals surface area contributed by atoms with E-state index < -0.39 is 97.5 Å². The highest BCUT2D eigenvalue weighted by atomic mass is 31.2. The van der Waals surface area contributed by atoms with Gasteiger partial charge < -0.3 is 33.8 Å². The molecule has 0 radical (unpaired) electrons. The Balaban J connectivity index is 5.28. The van der Waals surface area contributed by atoms with Crippen molar-refractivity contribution in [2.75, 3.05) is 39.6 Å². The van der Waals surface area contributed by atoms with E-state index in [4.69, 9.17) is 37.0 Å². The lowest BCUT2D eigenvalue weighted by molar-refractivity contribution is -0.161. The van der Waals surface area contributed by atoms with Gasteiger partial charge in [0.15, 0.2) is 12.2 Å². The van der Waals surface area contributed by atoms with Gasteiger partial charge in [-0.2, -0.15) is 0 Å². The molecule has 0 aromatic carbocycles. The van der Waals surface area contributed by atoms with Crippen LogP contribution in [0.15, 0.2) is 24.3 Å². The smallest absolute Gasteiger partial charge is 0.462 e. The lowest BCUT2D eigenvalue weighted by Crippen LogP contribution is -2.30. The number of esters is 4. The van der Waals surface area contributed by atoms with Crippen LogP contribution < -0.4 is 0 Å². The van der Waals surface area contributed by atoms with E-state index in [2.05, 4.69) is 72.8 Å². The molecule has 0 bridgehead atoms. The van der Waals surface area contributed by atoms with Gasteiger partial charge in [0, 0.05) is 25.7 Å². The molecule has 17 nitrogen and oxygen atoms in total. The molecule has 0 amide bonds. The van der Waals surface area contributed by atoms with E-state index in [1.54, 1.807) is 0 Å². The SMILES string of the molecule is CCCCCC/C=C\C=C/CCCCCCCC(=O)OC[C@H](COP(=O)(O)OCC(O)COP(=O)(O)OC[C@@H](COC(=O)CCCCCCCCCC(C)C)OC(=O)CCCCCCCCCCCCCC(C)C)OC(=O)CCCCCCCCCCCCCCCCCC(C)C. The normalized spacial score (nSPS) is 14.2. The van der Waals surface area contributed by atoms with E-state index in [9.17, 15) is 43.2 Å². The monoisotopic (exact) mass is 1420 g/mol. The lowest BCUT2D eigenvalue weighted by atomic mass is 10.0. The van der Waals surface area contributed by atoms with E-state index in [0.29, 0.717) is 31.6 Å². The average molecular weight is 1420 g/mol. The molecule has 572 valence electrons. The molecule has 3 N–H and O–H groups in total. The minimum atomic E-state index is -4.97. The molecule has 0 aromatic rings. The number of rotatable bonds is 74. The zero-order valence-electron chi connectivity index (χ0n) is 63.0. The molecule has 0 spiro atoms. The number of phosphoric acid groups is 2. The van der Waals surface area contributed by atoms with Crippen molar-refractivity contribution in [1.82, 2.24) is 0 Å². The third kappa shape index (κ3) is 71.7. The second kappa shape index (κ2) is 68.0. The zero-order valence-corrected chi connectivity index (χ0v) is 64.8. The molecule has 3 unspecified atom stereocenters. The number of aliphatic hydroxyl groups is 1. The molecule has 97 heavy (non-hydrogen) atoms. The predicted molar refractivity (Wildman–Crippen MR) is 395 cm³/mol. The van der Waals surface area contributed by atoms with Gasteiger partial charge in [-0.15, -0.1) is 0 Å². The summed E-state index contributed by atoms with van der Waals surface area (Å²) in [6.07, 6.45) is 57.7. The van der Waals surface area contributed by atoms with Crippen molar-refractivity contribution in [3.8, 4) is 0 Å². The molecule has 0 saturated heterocycles. The first-order valence-electron chi connectivity index (χ1n) is 39.7. The second-order valence-electron chi connectivity index (χ2n) is 28.8. The highest BCUT2D eigenvalue weighted by Gasteiger charge is 2.30. The molecule has 0 fully saturated rings. The fourth-order valence-corrected chi connectivity index (χ4v) is 13.0. The number of unbranched alkanes of at least 4 members (excludes halogenated alkanes) is 39. The molecule has 19 heteroatoms. The maximum atomic E-state index is 13.1. The number of hydrogen-bond acceptors (Lipinski definition) is 15. The van der Waals surface area contributed by atoms with Crippen molar-refractivity contribution in [3.63, 3.8) is 0 Å². The number of hydrogen-bond donors (Lipinski definition) is 3. The van der Waals surface area contributed by atoms with Crippen LogP contribution in [0.3, 0.4) is 0 Å². The second-order valence-corrected chi connectivity index (χ2v) is 31.7. The van der Waals surface area contributed by atoms with Gasteiger partial charge in [-0.1, -0.05) is 323 Å². The Bertz CT molecular complexity index is 1980. The van der Waals surface area contributed by atoms with Crippen LogP contribution in [0.5, 0.6) is 0 Å². The van der Waals surface area contributed by atoms with Crippen LogP contribution in [-0.2, 0) is 65.4 Å². The summed E-state index contributed by atoms with van der Waals surface area (Å²) in [6, 6.07) is 0. The Morgan fingerprint density at radius 3 is 0.835 bits per heavy atom. The Hall–Kier alpha value is -2.46. The number of carbonyl (C=O) groups excluding carboxylic acids is 4. The van der Waals surface area contributed by atoms with Crippen molar-refractivity contribution in [1.29, 1.82) is 0 Å². The Labute approximate surface area is 592 Å². The van der Waals surface area contributed by atoms with Gasteiger partial charge in [0.05, 0.1) is 26.4 Å². The topological polar surface area (TPSA) is 237 Å². The summed E-state index contributed by atoms with van der Waals surface area (Å²) in [7, 11) is -9.93. The summed E-state index contributed by atoms with van der Waals surface area (Å²) in [6.45, 7) is 11.8. The highest BCUT2D eigenvalue weighted by Crippen LogP contribution is 2.45. The van der Waals surface area contributed by atoms with E-state index >= 15 is 0 Å². The quantitative estimate of drug-likeness (QED) is 0.0169. The van der Waals surface area contributed by atoms with Crippen LogP contribution in [-0.4, -0.2) is 96.7 Å². The van der Waals surface area contributed by atoms with Crippen molar-refractivity contribution in [2.24, 2.45) is 17.8 Å². The summed E-state index contributed by atoms with van der Waals surface area (Å²) in [5, 5.41) is 10.6. The van der Waals surface area contributed by atoms with Gasteiger partial charge >= 0.3 is 39.5 Å². The number of aliphatic hydroxyl groups excluding tert-OH is 1. The molecular formula is C78H148O17P2. The maximum Gasteiger partial charge on any atom is 0.472 e. The van der Waals surface area contributed by atoms with Crippen LogP contribution in [0.1, 0.15) is 376 Å². The van der Waals surface area contributed by atoms with Gasteiger partial charge in [-0.25, -0.2) is 9.13 Å². The standard InChI is InChI=1S/C78H148O17P2/c1-8-9-10-11-12-13-14-15-17-21-26-31-38-45-52-59-75(80)88-65-73(94-77(82)61-54-47-39-32-27-22-19-16-18-20-24-29-35-42-49-56-69(2)3)67-92-96(84,85)90-63-72(79)64-91-97(86,87)93-68-74(66-89-76(81)60-53-46-41-34-37-44-51-58-71(6)7)95-78(83)62-55-48-40-33-28-23-25-30-36-43-50-57-70(4)5/h13-15,17,69-74,79H,8-12,16,18-68H2,1-7H3,(H,84,85)(H,86,87)/b14-13-,17-15-/t72?,73-,74-/m1/s1. The van der Waals surface area contributed by atoms with Crippen molar-refractivity contribution < 1.29 is 80.2 Å². The van der Waals surface area contributed by atoms with Crippen LogP contribution in [0, 0.1) is 17.8 Å². The van der Waals surface area contributed by atoms with Crippen LogP contribution in [0.2, 0.25) is 0 Å². The van der Waals surface area contributed by atoms with Gasteiger partial charge in [-0.3, -0.25) is 37.3 Å². The van der Waals surface area contributed by atoms with E-state index in [1.807, 2.05) is 0 Å². The van der Waals surface area contributed by atoms with Crippen molar-refractivity contribution in [3.05, 3.63) is 24.3 Å². The lowest BCUT2D eigenvalue weighted by Gasteiger charge is -2.21. The molecule has 5 atom stereocenters. The summed E-state index contributed by atoms with van der Waals surface area (Å²) >= 11 is 0. The summed E-state index contributed by atoms with van der Waals surface area (Å²) in [5.41, 5.74) is 0. The maximum absolute atomic E-state index is 13.1. The molecule has 0 rings (SSSR count). The van der Waals surface area contributed by atoms with Crippen LogP contribution in [0.4, 0.5) is 0 Å². The zero-order chi connectivity index (χ0) is 71.6. The summed E-state index contributed by atoms with van der Waals surface area (Å²) in [5.74, 6) is 0.121. The molecule has 0 aromatic heterocycles. The number of phosphoric ester groups is 2. The summed E-state index contributed by atoms with van der Waals surface area (Å²) < 4.78 is 68.5. The minimum absolute atomic E-state index is 0.100. The Kier molecular flexibility index (Phi) is 66.3. The number of ether oxygens (including phenoxy) is 4. The van der Waals surface area contributed by atoms with Gasteiger partial charge in [0.25, 0.3) is 0 Å². The van der Waals surface area contributed by atoms with E-state index in [-0.39, 0.29) is 25.7 Å². The van der Waals surface area contributed by atoms with E-state index in [1.165, 1.54) is 161 Å². The molecule has 0 saturated carbocycles. The Morgan fingerprint density at radius 2 is 0.557 bits per heavy atom. The number of allylic oxidation sites excluding steroid dienone is 4. The minimum Gasteiger partial charge on any atom is -0.462 e. The van der Waals surface area contributed by atoms with Gasteiger partial charge in [0.1, 0.15) is 19.3 Å². The van der Waals surface area contributed by atoms with Gasteiger partial charge in [0.2, 0.25) is 0 Å². The number of carbonyl (C=O) groups is 4. The van der Waals surface area contributed by atoms with E-state index in [0.717, 1.165) is 127 Å². The molecular weight excluding hydrogens is 1270 g/mol.